The van der Waals surface area contributed by atoms with E-state index in [0.29, 0.717) is 22.8 Å². The zero-order chi connectivity index (χ0) is 26.9. The van der Waals surface area contributed by atoms with Crippen molar-refractivity contribution in [1.29, 1.82) is 5.41 Å². The van der Waals surface area contributed by atoms with Gasteiger partial charge in [0.2, 0.25) is 0 Å². The average Bonchev–Trinajstić information content (AvgIpc) is 2.86. The molecule has 2 atom stereocenters. The van der Waals surface area contributed by atoms with Crippen molar-refractivity contribution in [2.24, 2.45) is 10.9 Å². The molecule has 0 bridgehead atoms. The van der Waals surface area contributed by atoms with Gasteiger partial charge in [0.1, 0.15) is 5.82 Å². The van der Waals surface area contributed by atoms with Gasteiger partial charge in [0, 0.05) is 24.7 Å². The van der Waals surface area contributed by atoms with E-state index in [1.807, 2.05) is 26.8 Å². The Morgan fingerprint density at radius 2 is 1.97 bits per heavy atom. The van der Waals surface area contributed by atoms with Gasteiger partial charge in [-0.25, -0.2) is 13.8 Å². The first-order valence-electron chi connectivity index (χ1n) is 12.4. The number of halogens is 3. The molecule has 2 rings (SSSR count). The van der Waals surface area contributed by atoms with Gasteiger partial charge < -0.3 is 10.2 Å². The SMILES string of the molecule is C\C=C(Cl)/C=N\C(NCC1C(C)CC(F)(F)CN1C(=O)/C(=C/CC)C(=N)c1ccccc1)=C(\C)CC. The molecule has 8 heteroatoms. The normalized spacial score (nSPS) is 21.4. The summed E-state index contributed by atoms with van der Waals surface area (Å²) in [6.07, 6.45) is 5.83. The second-order valence-electron chi connectivity index (χ2n) is 9.10. The predicted molar refractivity (Wildman–Crippen MR) is 145 cm³/mol. The lowest BCUT2D eigenvalue weighted by Crippen LogP contribution is -2.58. The fourth-order valence-corrected chi connectivity index (χ4v) is 4.22. The van der Waals surface area contributed by atoms with Crippen LogP contribution in [0.25, 0.3) is 0 Å². The van der Waals surface area contributed by atoms with E-state index in [9.17, 15) is 13.6 Å². The standard InChI is InChI=1S/C28H37ClF2N4O/c1-6-12-23(25(32)21-13-10-9-11-14-21)27(36)35-18-28(30,31)15-20(5)24(35)17-34-26(19(4)7-2)33-16-22(29)8-3/h8-14,16,20,24,32,34H,6-7,15,17-18H2,1-5H3/b22-8+,23-12+,26-19+,32-25?,33-16-. The molecule has 196 valence electrons. The highest BCUT2D eigenvalue weighted by Gasteiger charge is 2.46. The van der Waals surface area contributed by atoms with Crippen molar-refractivity contribution >= 4 is 29.4 Å². The number of piperidine rings is 1. The second-order valence-corrected chi connectivity index (χ2v) is 9.54. The maximum Gasteiger partial charge on any atom is 0.265 e. The van der Waals surface area contributed by atoms with Crippen LogP contribution >= 0.6 is 11.6 Å². The number of likely N-dealkylation sites (tertiary alicyclic amines) is 1. The molecule has 0 spiro atoms. The summed E-state index contributed by atoms with van der Waals surface area (Å²) in [6, 6.07) is 8.37. The van der Waals surface area contributed by atoms with Crippen molar-refractivity contribution in [2.75, 3.05) is 13.1 Å². The molecule has 1 aliphatic rings. The molecule has 0 saturated carbocycles. The van der Waals surface area contributed by atoms with Crippen LogP contribution in [0.1, 0.15) is 59.4 Å². The topological polar surface area (TPSA) is 68.6 Å². The number of carbonyl (C=O) groups excluding carboxylic acids is 1. The van der Waals surface area contributed by atoms with Crippen molar-refractivity contribution < 1.29 is 13.6 Å². The quantitative estimate of drug-likeness (QED) is 0.267. The molecule has 1 aliphatic heterocycles. The summed E-state index contributed by atoms with van der Waals surface area (Å²) in [5.74, 6) is -3.42. The lowest BCUT2D eigenvalue weighted by atomic mass is 9.87. The van der Waals surface area contributed by atoms with Crippen molar-refractivity contribution in [3.63, 3.8) is 0 Å². The molecular weight excluding hydrogens is 482 g/mol. The Morgan fingerprint density at radius 3 is 2.56 bits per heavy atom. The minimum atomic E-state index is -3.01. The van der Waals surface area contributed by atoms with Gasteiger partial charge in [-0.2, -0.15) is 0 Å². The van der Waals surface area contributed by atoms with Crippen LogP contribution in [0.5, 0.6) is 0 Å². The van der Waals surface area contributed by atoms with E-state index in [1.165, 1.54) is 11.1 Å². The van der Waals surface area contributed by atoms with E-state index in [4.69, 9.17) is 17.0 Å². The van der Waals surface area contributed by atoms with Gasteiger partial charge in [0.05, 0.1) is 28.9 Å². The predicted octanol–water partition coefficient (Wildman–Crippen LogP) is 6.71. The van der Waals surface area contributed by atoms with Crippen LogP contribution < -0.4 is 5.32 Å². The summed E-state index contributed by atoms with van der Waals surface area (Å²) in [7, 11) is 0. The largest absolute Gasteiger partial charge is 0.368 e. The van der Waals surface area contributed by atoms with Crippen LogP contribution in [-0.2, 0) is 4.79 Å². The van der Waals surface area contributed by atoms with Gasteiger partial charge in [-0.05, 0) is 38.2 Å². The number of allylic oxidation sites excluding steroid dienone is 4. The monoisotopic (exact) mass is 518 g/mol. The Bertz CT molecular complexity index is 1050. The Labute approximate surface area is 218 Å². The molecule has 1 fully saturated rings. The summed E-state index contributed by atoms with van der Waals surface area (Å²) in [6.45, 7) is 8.90. The summed E-state index contributed by atoms with van der Waals surface area (Å²) < 4.78 is 29.4. The van der Waals surface area contributed by atoms with Crippen molar-refractivity contribution in [3.8, 4) is 0 Å². The zero-order valence-corrected chi connectivity index (χ0v) is 22.5. The fraction of sp³-hybridized carbons (Fsp3) is 0.464. The molecule has 0 aromatic heterocycles. The Kier molecular flexibility index (Phi) is 11.0. The van der Waals surface area contributed by atoms with E-state index >= 15 is 0 Å². The Hall–Kier alpha value is -2.80. The van der Waals surface area contributed by atoms with E-state index in [1.54, 1.807) is 50.3 Å². The number of nitrogens with zero attached hydrogens (tertiary/aromatic N) is 2. The van der Waals surface area contributed by atoms with Gasteiger partial charge in [0.25, 0.3) is 11.8 Å². The Morgan fingerprint density at radius 1 is 1.31 bits per heavy atom. The maximum absolute atomic E-state index is 14.7. The molecular formula is C28H37ClF2N4O. The number of benzene rings is 1. The first-order valence-corrected chi connectivity index (χ1v) is 12.7. The minimum Gasteiger partial charge on any atom is -0.368 e. The van der Waals surface area contributed by atoms with Crippen molar-refractivity contribution in [2.45, 2.75) is 65.8 Å². The number of hydrogen-bond donors (Lipinski definition) is 2. The smallest absolute Gasteiger partial charge is 0.265 e. The molecule has 1 aromatic rings. The number of alkyl halides is 2. The van der Waals surface area contributed by atoms with Gasteiger partial charge in [-0.3, -0.25) is 10.2 Å². The number of carbonyl (C=O) groups is 1. The minimum absolute atomic E-state index is 0.0312. The van der Waals surface area contributed by atoms with E-state index in [-0.39, 0.29) is 24.3 Å². The van der Waals surface area contributed by atoms with E-state index < -0.39 is 30.3 Å². The second kappa shape index (κ2) is 13.5. The molecule has 1 saturated heterocycles. The van der Waals surface area contributed by atoms with E-state index in [0.717, 1.165) is 12.0 Å². The molecule has 5 nitrogen and oxygen atoms in total. The number of hydrogen-bond acceptors (Lipinski definition) is 4. The average molecular weight is 519 g/mol. The zero-order valence-electron chi connectivity index (χ0n) is 21.7. The molecule has 0 aliphatic carbocycles. The van der Waals surface area contributed by atoms with Crippen LogP contribution in [0.4, 0.5) is 8.78 Å². The van der Waals surface area contributed by atoms with Crippen LogP contribution in [-0.4, -0.2) is 47.8 Å². The number of aliphatic imine (C=N–C) groups is 1. The molecule has 1 amide bonds. The first-order chi connectivity index (χ1) is 17.0. The van der Waals surface area contributed by atoms with Crippen molar-refractivity contribution in [3.05, 3.63) is 70.0 Å². The van der Waals surface area contributed by atoms with Crippen LogP contribution in [0.3, 0.4) is 0 Å². The molecule has 1 heterocycles. The van der Waals surface area contributed by atoms with Crippen LogP contribution in [0.15, 0.2) is 69.5 Å². The van der Waals surface area contributed by atoms with Gasteiger partial charge in [-0.1, -0.05) is 74.9 Å². The summed E-state index contributed by atoms with van der Waals surface area (Å²) >= 11 is 6.07. The molecule has 2 unspecified atom stereocenters. The lowest BCUT2D eigenvalue weighted by Gasteiger charge is -2.44. The highest BCUT2D eigenvalue weighted by atomic mass is 35.5. The maximum atomic E-state index is 14.7. The number of nitrogens with one attached hydrogen (secondary N) is 2. The van der Waals surface area contributed by atoms with Gasteiger partial charge in [0.15, 0.2) is 0 Å². The third-order valence-electron chi connectivity index (χ3n) is 6.32. The van der Waals surface area contributed by atoms with Crippen molar-refractivity contribution in [1.82, 2.24) is 10.2 Å². The Balaban J connectivity index is 2.39. The highest BCUT2D eigenvalue weighted by Crippen LogP contribution is 2.35. The first kappa shape index (κ1) is 29.4. The summed E-state index contributed by atoms with van der Waals surface area (Å²) in [5, 5.41) is 12.4. The summed E-state index contributed by atoms with van der Waals surface area (Å²) in [5.41, 5.74) is 1.72. The molecule has 36 heavy (non-hydrogen) atoms. The third-order valence-corrected chi connectivity index (χ3v) is 6.63. The van der Waals surface area contributed by atoms with Gasteiger partial charge in [-0.15, -0.1) is 0 Å². The van der Waals surface area contributed by atoms with E-state index in [2.05, 4.69) is 10.3 Å². The lowest BCUT2D eigenvalue weighted by molar-refractivity contribution is -0.148. The van der Waals surface area contributed by atoms with Crippen LogP contribution in [0.2, 0.25) is 0 Å². The van der Waals surface area contributed by atoms with Gasteiger partial charge >= 0.3 is 0 Å². The molecule has 2 N–H and O–H groups in total. The fourth-order valence-electron chi connectivity index (χ4n) is 4.17. The molecule has 1 aromatic carbocycles. The molecule has 0 radical (unpaired) electrons. The summed E-state index contributed by atoms with van der Waals surface area (Å²) in [4.78, 5) is 19.4. The highest BCUT2D eigenvalue weighted by molar-refractivity contribution is 6.39. The number of rotatable bonds is 10. The number of amides is 1. The van der Waals surface area contributed by atoms with Crippen LogP contribution in [0, 0.1) is 11.3 Å². The third kappa shape index (κ3) is 7.85.